The molecule has 3 nitrogen and oxygen atoms in total. The van der Waals surface area contributed by atoms with E-state index >= 15 is 0 Å². The summed E-state index contributed by atoms with van der Waals surface area (Å²) in [6, 6.07) is 15.9. The number of benzene rings is 2. The molecule has 0 amide bonds. The smallest absolute Gasteiger partial charge is 0.267 e. The molecule has 20 heavy (non-hydrogen) atoms. The van der Waals surface area contributed by atoms with E-state index in [-0.39, 0.29) is 5.56 Å². The van der Waals surface area contributed by atoms with Crippen LogP contribution in [0.15, 0.2) is 53.3 Å². The van der Waals surface area contributed by atoms with Gasteiger partial charge in [-0.15, -0.1) is 0 Å². The fourth-order valence-corrected chi connectivity index (χ4v) is 2.50. The topological polar surface area (TPSA) is 45.8 Å². The molecule has 0 unspecified atom stereocenters. The van der Waals surface area contributed by atoms with Crippen LogP contribution >= 0.6 is 0 Å². The van der Waals surface area contributed by atoms with E-state index in [0.29, 0.717) is 5.39 Å². The van der Waals surface area contributed by atoms with E-state index < -0.39 is 0 Å². The molecule has 0 aliphatic heterocycles. The summed E-state index contributed by atoms with van der Waals surface area (Å²) in [6.07, 6.45) is 2.17. The summed E-state index contributed by atoms with van der Waals surface area (Å²) in [7, 11) is 0. The molecule has 1 heterocycles. The summed E-state index contributed by atoms with van der Waals surface area (Å²) in [5, 5.41) is 8.40. The second-order valence-electron chi connectivity index (χ2n) is 4.90. The molecule has 0 atom stereocenters. The van der Waals surface area contributed by atoms with E-state index in [2.05, 4.69) is 29.3 Å². The molecule has 3 aromatic rings. The van der Waals surface area contributed by atoms with Crippen LogP contribution in [-0.4, -0.2) is 10.2 Å². The number of fused-ring (bicyclic) bond motifs is 1. The highest BCUT2D eigenvalue weighted by molar-refractivity contribution is 5.93. The Hall–Kier alpha value is -2.42. The first-order valence-corrected chi connectivity index (χ1v) is 6.86. The summed E-state index contributed by atoms with van der Waals surface area (Å²) < 4.78 is 0. The number of hydrogen-bond acceptors (Lipinski definition) is 2. The number of H-pyrrole nitrogens is 1. The molecule has 0 saturated heterocycles. The molecule has 0 aliphatic carbocycles. The molecule has 1 aromatic heterocycles. The lowest BCUT2D eigenvalue weighted by Gasteiger charge is -2.06. The molecule has 1 N–H and O–H groups in total. The lowest BCUT2D eigenvalue weighted by Crippen LogP contribution is -2.09. The predicted octanol–water partition coefficient (Wildman–Crippen LogP) is 3.54. The first-order chi connectivity index (χ1) is 9.79. The second kappa shape index (κ2) is 5.29. The SMILES string of the molecule is CCCc1cccc(-c2n[nH]c(=O)c3ccccc23)c1. The normalized spacial score (nSPS) is 10.8. The van der Waals surface area contributed by atoms with Crippen LogP contribution in [0.5, 0.6) is 0 Å². The molecule has 3 heteroatoms. The van der Waals surface area contributed by atoms with Crippen molar-refractivity contribution in [2.75, 3.05) is 0 Å². The molecule has 2 aromatic carbocycles. The van der Waals surface area contributed by atoms with Crippen molar-refractivity contribution in [1.82, 2.24) is 10.2 Å². The average Bonchev–Trinajstić information content (AvgIpc) is 2.49. The van der Waals surface area contributed by atoms with Crippen LogP contribution in [-0.2, 0) is 6.42 Å². The minimum absolute atomic E-state index is 0.144. The van der Waals surface area contributed by atoms with Gasteiger partial charge in [0.05, 0.1) is 11.1 Å². The van der Waals surface area contributed by atoms with Gasteiger partial charge in [-0.2, -0.15) is 5.10 Å². The number of aryl methyl sites for hydroxylation is 1. The highest BCUT2D eigenvalue weighted by Crippen LogP contribution is 2.25. The van der Waals surface area contributed by atoms with Crippen LogP contribution in [0.4, 0.5) is 0 Å². The minimum Gasteiger partial charge on any atom is -0.267 e. The fourth-order valence-electron chi connectivity index (χ4n) is 2.50. The first-order valence-electron chi connectivity index (χ1n) is 6.86. The molecule has 0 aliphatic rings. The Morgan fingerprint density at radius 3 is 2.65 bits per heavy atom. The Morgan fingerprint density at radius 2 is 1.85 bits per heavy atom. The van der Waals surface area contributed by atoms with Crippen molar-refractivity contribution >= 4 is 10.8 Å². The van der Waals surface area contributed by atoms with E-state index in [9.17, 15) is 4.79 Å². The lowest BCUT2D eigenvalue weighted by atomic mass is 10.0. The zero-order chi connectivity index (χ0) is 13.9. The Kier molecular flexibility index (Phi) is 3.33. The summed E-state index contributed by atoms with van der Waals surface area (Å²) in [5.74, 6) is 0. The van der Waals surface area contributed by atoms with Crippen LogP contribution in [0, 0.1) is 0 Å². The zero-order valence-corrected chi connectivity index (χ0v) is 11.4. The molecular formula is C17H16N2O. The van der Waals surface area contributed by atoms with Crippen molar-refractivity contribution in [3.8, 4) is 11.3 Å². The Balaban J connectivity index is 2.22. The van der Waals surface area contributed by atoms with Gasteiger partial charge in [0, 0.05) is 10.9 Å². The second-order valence-corrected chi connectivity index (χ2v) is 4.90. The number of rotatable bonds is 3. The largest absolute Gasteiger partial charge is 0.272 e. The average molecular weight is 264 g/mol. The van der Waals surface area contributed by atoms with Crippen molar-refractivity contribution in [3.63, 3.8) is 0 Å². The van der Waals surface area contributed by atoms with Gasteiger partial charge in [-0.25, -0.2) is 5.10 Å². The van der Waals surface area contributed by atoms with E-state index in [4.69, 9.17) is 0 Å². The molecule has 0 saturated carbocycles. The fraction of sp³-hybridized carbons (Fsp3) is 0.176. The summed E-state index contributed by atoms with van der Waals surface area (Å²) in [4.78, 5) is 11.8. The van der Waals surface area contributed by atoms with Gasteiger partial charge in [0.25, 0.3) is 5.56 Å². The maximum Gasteiger partial charge on any atom is 0.272 e. The zero-order valence-electron chi connectivity index (χ0n) is 11.4. The highest BCUT2D eigenvalue weighted by Gasteiger charge is 2.08. The van der Waals surface area contributed by atoms with Gasteiger partial charge in [-0.1, -0.05) is 49.7 Å². The van der Waals surface area contributed by atoms with Crippen molar-refractivity contribution in [2.24, 2.45) is 0 Å². The van der Waals surface area contributed by atoms with E-state index in [1.54, 1.807) is 0 Å². The first kappa shape index (κ1) is 12.6. The van der Waals surface area contributed by atoms with Crippen LogP contribution < -0.4 is 5.56 Å². The molecule has 0 fully saturated rings. The quantitative estimate of drug-likeness (QED) is 0.786. The van der Waals surface area contributed by atoms with Crippen LogP contribution in [0.25, 0.3) is 22.0 Å². The van der Waals surface area contributed by atoms with Crippen molar-refractivity contribution in [1.29, 1.82) is 0 Å². The maximum absolute atomic E-state index is 11.8. The van der Waals surface area contributed by atoms with Crippen molar-refractivity contribution in [3.05, 3.63) is 64.4 Å². The number of nitrogens with one attached hydrogen (secondary N) is 1. The molecule has 0 radical (unpaired) electrons. The monoisotopic (exact) mass is 264 g/mol. The third kappa shape index (κ3) is 2.23. The standard InChI is InChI=1S/C17H16N2O/c1-2-6-12-7-5-8-13(11-12)16-14-9-3-4-10-15(14)17(20)19-18-16/h3-5,7-11H,2,6H2,1H3,(H,19,20). The maximum atomic E-state index is 11.8. The number of aromatic amines is 1. The molecular weight excluding hydrogens is 248 g/mol. The number of nitrogens with zero attached hydrogens (tertiary/aromatic N) is 1. The Morgan fingerprint density at radius 1 is 1.05 bits per heavy atom. The summed E-state index contributed by atoms with van der Waals surface area (Å²) >= 11 is 0. The predicted molar refractivity (Wildman–Crippen MR) is 81.8 cm³/mol. The van der Waals surface area contributed by atoms with E-state index in [1.165, 1.54) is 5.56 Å². The van der Waals surface area contributed by atoms with Gasteiger partial charge < -0.3 is 0 Å². The van der Waals surface area contributed by atoms with Crippen LogP contribution in [0.3, 0.4) is 0 Å². The summed E-state index contributed by atoms with van der Waals surface area (Å²) in [5.41, 5.74) is 3.03. The van der Waals surface area contributed by atoms with Gasteiger partial charge in [0.1, 0.15) is 0 Å². The minimum atomic E-state index is -0.144. The number of aromatic nitrogens is 2. The summed E-state index contributed by atoms with van der Waals surface area (Å²) in [6.45, 7) is 2.17. The number of hydrogen-bond donors (Lipinski definition) is 1. The Bertz CT molecular complexity index is 805. The van der Waals surface area contributed by atoms with Gasteiger partial charge in [0.2, 0.25) is 0 Å². The molecule has 3 rings (SSSR count). The van der Waals surface area contributed by atoms with Crippen LogP contribution in [0.2, 0.25) is 0 Å². The molecule has 100 valence electrons. The van der Waals surface area contributed by atoms with E-state index in [0.717, 1.165) is 29.5 Å². The van der Waals surface area contributed by atoms with Gasteiger partial charge in [-0.05, 0) is 24.1 Å². The molecule has 0 spiro atoms. The Labute approximate surface area is 117 Å². The van der Waals surface area contributed by atoms with Crippen molar-refractivity contribution < 1.29 is 0 Å². The third-order valence-electron chi connectivity index (χ3n) is 3.44. The highest BCUT2D eigenvalue weighted by atomic mass is 16.1. The van der Waals surface area contributed by atoms with Crippen LogP contribution in [0.1, 0.15) is 18.9 Å². The van der Waals surface area contributed by atoms with Gasteiger partial charge in [0.15, 0.2) is 0 Å². The van der Waals surface area contributed by atoms with E-state index in [1.807, 2.05) is 36.4 Å². The van der Waals surface area contributed by atoms with Gasteiger partial charge >= 0.3 is 0 Å². The lowest BCUT2D eigenvalue weighted by molar-refractivity contribution is 0.921. The third-order valence-corrected chi connectivity index (χ3v) is 3.44. The van der Waals surface area contributed by atoms with Crippen molar-refractivity contribution in [2.45, 2.75) is 19.8 Å². The van der Waals surface area contributed by atoms with Gasteiger partial charge in [-0.3, -0.25) is 4.79 Å². The molecule has 0 bridgehead atoms.